The molecular formula is C12H11F3N2O2. The van der Waals surface area contributed by atoms with Gasteiger partial charge in [-0.15, -0.1) is 0 Å². The molecule has 0 radical (unpaired) electrons. The monoisotopic (exact) mass is 272 g/mol. The van der Waals surface area contributed by atoms with Crippen molar-refractivity contribution in [2.24, 2.45) is 0 Å². The second-order valence-electron chi connectivity index (χ2n) is 3.44. The van der Waals surface area contributed by atoms with Gasteiger partial charge in [-0.2, -0.15) is 13.2 Å². The number of alkyl halides is 3. The second kappa shape index (κ2) is 6.09. The van der Waals surface area contributed by atoms with Gasteiger partial charge in [0.1, 0.15) is 12.2 Å². The summed E-state index contributed by atoms with van der Waals surface area (Å²) in [5.74, 6) is 3.68. The van der Waals surface area contributed by atoms with Gasteiger partial charge < -0.3 is 10.5 Å². The third-order valence-electron chi connectivity index (χ3n) is 1.99. The van der Waals surface area contributed by atoms with Crippen molar-refractivity contribution in [3.05, 3.63) is 23.4 Å². The lowest BCUT2D eigenvalue weighted by Gasteiger charge is -2.08. The fourth-order valence-electron chi connectivity index (χ4n) is 1.20. The molecule has 1 aromatic heterocycles. The van der Waals surface area contributed by atoms with Gasteiger partial charge in [-0.25, -0.2) is 4.98 Å². The fraction of sp³-hybridized carbons (Fsp3) is 0.333. The average molecular weight is 272 g/mol. The summed E-state index contributed by atoms with van der Waals surface area (Å²) in [6, 6.07) is 0.792. The van der Waals surface area contributed by atoms with E-state index in [4.69, 9.17) is 5.73 Å². The zero-order valence-corrected chi connectivity index (χ0v) is 10.0. The minimum Gasteiger partial charge on any atom is -0.465 e. The van der Waals surface area contributed by atoms with Crippen LogP contribution in [0, 0.1) is 11.8 Å². The number of nitrogen functional groups attached to an aromatic ring is 1. The highest BCUT2D eigenvalue weighted by Crippen LogP contribution is 2.32. The second-order valence-corrected chi connectivity index (χ2v) is 3.44. The topological polar surface area (TPSA) is 65.2 Å². The average Bonchev–Trinajstić information content (AvgIpc) is 2.30. The molecule has 0 amide bonds. The molecular weight excluding hydrogens is 261 g/mol. The maximum absolute atomic E-state index is 12.5. The van der Waals surface area contributed by atoms with E-state index in [1.807, 2.05) is 0 Å². The van der Waals surface area contributed by atoms with E-state index in [-0.39, 0.29) is 18.6 Å². The van der Waals surface area contributed by atoms with Crippen molar-refractivity contribution >= 4 is 11.8 Å². The van der Waals surface area contributed by atoms with Crippen LogP contribution in [0.2, 0.25) is 0 Å². The van der Waals surface area contributed by atoms with E-state index in [1.165, 1.54) is 0 Å². The molecule has 4 nitrogen and oxygen atoms in total. The highest BCUT2D eigenvalue weighted by Gasteiger charge is 2.33. The minimum absolute atomic E-state index is 0.0332. The number of aromatic nitrogens is 1. The van der Waals surface area contributed by atoms with E-state index in [1.54, 1.807) is 6.92 Å². The molecule has 0 bridgehead atoms. The third kappa shape index (κ3) is 4.50. The Morgan fingerprint density at radius 1 is 1.53 bits per heavy atom. The van der Waals surface area contributed by atoms with Crippen LogP contribution < -0.4 is 5.73 Å². The molecule has 19 heavy (non-hydrogen) atoms. The van der Waals surface area contributed by atoms with Gasteiger partial charge in [0.2, 0.25) is 0 Å². The molecule has 0 aliphatic rings. The smallest absolute Gasteiger partial charge is 0.419 e. The van der Waals surface area contributed by atoms with Gasteiger partial charge in [0.25, 0.3) is 0 Å². The molecule has 0 atom stereocenters. The third-order valence-corrected chi connectivity index (χ3v) is 1.99. The molecule has 102 valence electrons. The number of nitrogens with zero attached hydrogens (tertiary/aromatic N) is 1. The number of nitrogens with two attached hydrogens (primary N) is 1. The SMILES string of the molecule is CCOC(=O)CC#Cc1cnc(N)c(C(F)(F)F)c1. The first kappa shape index (κ1) is 14.8. The number of pyridine rings is 1. The van der Waals surface area contributed by atoms with Gasteiger partial charge in [-0.05, 0) is 13.0 Å². The van der Waals surface area contributed by atoms with E-state index < -0.39 is 23.5 Å². The van der Waals surface area contributed by atoms with Crippen molar-refractivity contribution in [1.29, 1.82) is 0 Å². The summed E-state index contributed by atoms with van der Waals surface area (Å²) >= 11 is 0. The number of esters is 1. The van der Waals surface area contributed by atoms with E-state index >= 15 is 0 Å². The summed E-state index contributed by atoms with van der Waals surface area (Å²) in [6.07, 6.45) is -3.67. The first-order valence-corrected chi connectivity index (χ1v) is 5.31. The molecule has 0 saturated carbocycles. The van der Waals surface area contributed by atoms with Crippen LogP contribution >= 0.6 is 0 Å². The lowest BCUT2D eigenvalue weighted by molar-refractivity contribution is -0.142. The van der Waals surface area contributed by atoms with Crippen LogP contribution in [0.3, 0.4) is 0 Å². The van der Waals surface area contributed by atoms with Crippen molar-refractivity contribution in [3.8, 4) is 11.8 Å². The summed E-state index contributed by atoms with van der Waals surface area (Å²) in [7, 11) is 0. The van der Waals surface area contributed by atoms with Gasteiger partial charge in [-0.1, -0.05) is 11.8 Å². The number of hydrogen-bond donors (Lipinski definition) is 1. The number of rotatable bonds is 2. The van der Waals surface area contributed by atoms with Crippen LogP contribution in [-0.2, 0) is 15.7 Å². The van der Waals surface area contributed by atoms with Crippen LogP contribution in [0.1, 0.15) is 24.5 Å². The van der Waals surface area contributed by atoms with E-state index in [9.17, 15) is 18.0 Å². The van der Waals surface area contributed by atoms with E-state index in [2.05, 4.69) is 21.6 Å². The number of anilines is 1. The van der Waals surface area contributed by atoms with Crippen molar-refractivity contribution in [1.82, 2.24) is 4.98 Å². The Morgan fingerprint density at radius 3 is 2.79 bits per heavy atom. The Kier molecular flexibility index (Phi) is 4.75. The standard InChI is InChI=1S/C12H11F3N2O2/c1-2-19-10(18)5-3-4-8-6-9(12(13,14)15)11(16)17-7-8/h6-7H,2,5H2,1H3,(H2,16,17). The Bertz CT molecular complexity index is 530. The summed E-state index contributed by atoms with van der Waals surface area (Å²) in [4.78, 5) is 14.4. The lowest BCUT2D eigenvalue weighted by atomic mass is 10.2. The number of carbonyl (C=O) groups excluding carboxylic acids is 1. The first-order valence-electron chi connectivity index (χ1n) is 5.31. The van der Waals surface area contributed by atoms with Crippen molar-refractivity contribution in [3.63, 3.8) is 0 Å². The molecule has 0 unspecified atom stereocenters. The highest BCUT2D eigenvalue weighted by molar-refractivity contribution is 5.72. The summed E-state index contributed by atoms with van der Waals surface area (Å²) in [5.41, 5.74) is 4.13. The maximum atomic E-state index is 12.5. The van der Waals surface area contributed by atoms with Gasteiger partial charge in [0, 0.05) is 11.8 Å². The van der Waals surface area contributed by atoms with E-state index in [0.717, 1.165) is 12.3 Å². The van der Waals surface area contributed by atoms with Crippen LogP contribution in [0.15, 0.2) is 12.3 Å². The number of carbonyl (C=O) groups is 1. The molecule has 0 aliphatic carbocycles. The van der Waals surface area contributed by atoms with Crippen molar-refractivity contribution < 1.29 is 22.7 Å². The zero-order valence-electron chi connectivity index (χ0n) is 10.0. The van der Waals surface area contributed by atoms with Gasteiger partial charge in [0.15, 0.2) is 0 Å². The van der Waals surface area contributed by atoms with Crippen molar-refractivity contribution in [2.45, 2.75) is 19.5 Å². The van der Waals surface area contributed by atoms with Crippen LogP contribution in [0.4, 0.5) is 19.0 Å². The zero-order chi connectivity index (χ0) is 14.5. The predicted octanol–water partition coefficient (Wildman–Crippen LogP) is 1.99. The molecule has 2 N–H and O–H groups in total. The summed E-state index contributed by atoms with van der Waals surface area (Å²) < 4.78 is 42.2. The molecule has 7 heteroatoms. The Hall–Kier alpha value is -2.23. The normalized spacial score (nSPS) is 10.5. The summed E-state index contributed by atoms with van der Waals surface area (Å²) in [5, 5.41) is 0. The fourth-order valence-corrected chi connectivity index (χ4v) is 1.20. The van der Waals surface area contributed by atoms with Crippen LogP contribution in [0.25, 0.3) is 0 Å². The largest absolute Gasteiger partial charge is 0.465 e. The molecule has 0 aromatic carbocycles. The van der Waals surface area contributed by atoms with Crippen LogP contribution in [-0.4, -0.2) is 17.6 Å². The summed E-state index contributed by atoms with van der Waals surface area (Å²) in [6.45, 7) is 1.87. The molecule has 1 heterocycles. The van der Waals surface area contributed by atoms with Gasteiger partial charge >= 0.3 is 12.1 Å². The van der Waals surface area contributed by atoms with E-state index in [0.29, 0.717) is 0 Å². The first-order chi connectivity index (χ1) is 8.84. The quantitative estimate of drug-likeness (QED) is 0.660. The Balaban J connectivity index is 2.87. The van der Waals surface area contributed by atoms with Crippen molar-refractivity contribution in [2.75, 3.05) is 12.3 Å². The Labute approximate surface area is 107 Å². The molecule has 0 spiro atoms. The molecule has 1 rings (SSSR count). The highest BCUT2D eigenvalue weighted by atomic mass is 19.4. The number of halogens is 3. The minimum atomic E-state index is -4.59. The Morgan fingerprint density at radius 2 is 2.21 bits per heavy atom. The molecule has 1 aromatic rings. The maximum Gasteiger partial charge on any atom is 0.419 e. The molecule has 0 aliphatic heterocycles. The molecule has 0 fully saturated rings. The predicted molar refractivity (Wildman–Crippen MR) is 61.8 cm³/mol. The van der Waals surface area contributed by atoms with Gasteiger partial charge in [-0.3, -0.25) is 4.79 Å². The number of ether oxygens (including phenoxy) is 1. The van der Waals surface area contributed by atoms with Gasteiger partial charge in [0.05, 0.1) is 12.2 Å². The lowest BCUT2D eigenvalue weighted by Crippen LogP contribution is -2.10. The molecule has 0 saturated heterocycles. The van der Waals surface area contributed by atoms with Crippen LogP contribution in [0.5, 0.6) is 0 Å². The number of hydrogen-bond acceptors (Lipinski definition) is 4.